The van der Waals surface area contributed by atoms with E-state index in [-0.39, 0.29) is 0 Å². The van der Waals surface area contributed by atoms with E-state index in [0.29, 0.717) is 6.54 Å². The van der Waals surface area contributed by atoms with Crippen LogP contribution in [-0.2, 0) is 13.1 Å². The number of nitrogens with zero attached hydrogens (tertiary/aromatic N) is 5. The number of hydrogen-bond acceptors (Lipinski definition) is 7. The van der Waals surface area contributed by atoms with Crippen molar-refractivity contribution >= 4 is 16.5 Å². The van der Waals surface area contributed by atoms with Gasteiger partial charge in [-0.25, -0.2) is 0 Å². The third-order valence-electron chi connectivity index (χ3n) is 6.52. The van der Waals surface area contributed by atoms with Gasteiger partial charge in [0.1, 0.15) is 11.5 Å². The normalized spacial score (nSPS) is 18.7. The minimum Gasteiger partial charge on any atom is -0.465 e. The van der Waals surface area contributed by atoms with Crippen LogP contribution >= 0.6 is 11.3 Å². The average molecular weight is 441 g/mol. The Morgan fingerprint density at radius 2 is 1.81 bits per heavy atom. The first-order chi connectivity index (χ1) is 15.3. The van der Waals surface area contributed by atoms with Crippen LogP contribution in [0.25, 0.3) is 5.13 Å². The molecule has 0 unspecified atom stereocenters. The summed E-state index contributed by atoms with van der Waals surface area (Å²) < 4.78 is 7.77. The molecule has 0 atom stereocenters. The van der Waals surface area contributed by atoms with E-state index in [9.17, 15) is 0 Å². The van der Waals surface area contributed by atoms with Gasteiger partial charge < -0.3 is 14.6 Å². The smallest absolute Gasteiger partial charge is 0.218 e. The molecule has 1 aliphatic carbocycles. The maximum atomic E-state index is 5.64. The van der Waals surface area contributed by atoms with Gasteiger partial charge in [-0.15, -0.1) is 10.2 Å². The van der Waals surface area contributed by atoms with Crippen LogP contribution in [0.1, 0.15) is 49.3 Å². The summed E-state index contributed by atoms with van der Waals surface area (Å²) in [6.07, 6.45) is 9.06. The minimum atomic E-state index is 0.714. The average Bonchev–Trinajstić information content (AvgIpc) is 3.56. The molecule has 2 aliphatic rings. The lowest BCUT2D eigenvalue weighted by molar-refractivity contribution is 0.148. The van der Waals surface area contributed by atoms with Crippen molar-refractivity contribution < 1.29 is 4.42 Å². The number of rotatable bonds is 7. The lowest BCUT2D eigenvalue weighted by Crippen LogP contribution is -2.50. The summed E-state index contributed by atoms with van der Waals surface area (Å²) in [7, 11) is 0. The molecular weight excluding hydrogens is 408 g/mol. The van der Waals surface area contributed by atoms with Gasteiger partial charge in [0.25, 0.3) is 0 Å². The number of anilines is 1. The second-order valence-corrected chi connectivity index (χ2v) is 9.60. The fraction of sp³-hybridized carbons (Fsp3) is 0.565. The number of furan rings is 1. The highest BCUT2D eigenvalue weighted by Gasteiger charge is 2.26. The molecule has 1 saturated carbocycles. The molecule has 3 aromatic rings. The molecule has 0 aromatic carbocycles. The van der Waals surface area contributed by atoms with Gasteiger partial charge in [-0.3, -0.25) is 9.47 Å². The highest BCUT2D eigenvalue weighted by atomic mass is 32.1. The monoisotopic (exact) mass is 440 g/mol. The third kappa shape index (κ3) is 4.86. The van der Waals surface area contributed by atoms with Gasteiger partial charge in [-0.1, -0.05) is 30.6 Å². The molecule has 3 aromatic heterocycles. The summed E-state index contributed by atoms with van der Waals surface area (Å²) in [4.78, 5) is 5.11. The van der Waals surface area contributed by atoms with Crippen LogP contribution in [0.2, 0.25) is 0 Å². The molecule has 1 N–H and O–H groups in total. The van der Waals surface area contributed by atoms with Crippen molar-refractivity contribution in [3.8, 4) is 5.13 Å². The van der Waals surface area contributed by atoms with Crippen LogP contribution in [0.5, 0.6) is 0 Å². The predicted molar refractivity (Wildman–Crippen MR) is 124 cm³/mol. The van der Waals surface area contributed by atoms with E-state index >= 15 is 0 Å². The predicted octanol–water partition coefficient (Wildman–Crippen LogP) is 3.97. The summed E-state index contributed by atoms with van der Waals surface area (Å²) in [5.41, 5.74) is 1.17. The molecule has 0 amide bonds. The van der Waals surface area contributed by atoms with E-state index in [1.165, 1.54) is 37.8 Å². The van der Waals surface area contributed by atoms with Crippen molar-refractivity contribution in [1.82, 2.24) is 25.0 Å². The van der Waals surface area contributed by atoms with Crippen molar-refractivity contribution in [1.29, 1.82) is 0 Å². The van der Waals surface area contributed by atoms with E-state index in [0.717, 1.165) is 60.5 Å². The first kappa shape index (κ1) is 20.7. The summed E-state index contributed by atoms with van der Waals surface area (Å²) in [5.74, 6) is 1.90. The van der Waals surface area contributed by atoms with Crippen LogP contribution in [0.3, 0.4) is 0 Å². The lowest BCUT2D eigenvalue weighted by Gasteiger charge is -2.40. The number of aromatic nitrogens is 3. The molecule has 166 valence electrons. The molecule has 1 aliphatic heterocycles. The Morgan fingerprint density at radius 3 is 2.58 bits per heavy atom. The largest absolute Gasteiger partial charge is 0.465 e. The number of nitrogens with one attached hydrogen (secondary N) is 1. The van der Waals surface area contributed by atoms with Gasteiger partial charge in [0, 0.05) is 50.7 Å². The second kappa shape index (κ2) is 9.54. The zero-order chi connectivity index (χ0) is 21.0. The van der Waals surface area contributed by atoms with E-state index in [1.807, 2.05) is 19.1 Å². The van der Waals surface area contributed by atoms with Gasteiger partial charge in [-0.05, 0) is 44.0 Å². The maximum absolute atomic E-state index is 5.64. The Bertz CT molecular complexity index is 964. The van der Waals surface area contributed by atoms with E-state index < -0.39 is 0 Å². The molecule has 0 spiro atoms. The summed E-state index contributed by atoms with van der Waals surface area (Å²) in [5, 5.41) is 14.5. The Labute approximate surface area is 188 Å². The van der Waals surface area contributed by atoms with Crippen LogP contribution in [-0.4, -0.2) is 51.9 Å². The SMILES string of the molecule is Cc1ccc(CNCc2cccn2-c2nnc(N3CCN(C4CCCCC4)CC3)s2)o1. The lowest BCUT2D eigenvalue weighted by atomic mass is 9.94. The van der Waals surface area contributed by atoms with Crippen molar-refractivity contribution in [3.63, 3.8) is 0 Å². The quantitative estimate of drug-likeness (QED) is 0.600. The minimum absolute atomic E-state index is 0.714. The Balaban J connectivity index is 1.17. The molecular formula is C23H32N6OS. The van der Waals surface area contributed by atoms with E-state index in [4.69, 9.17) is 4.42 Å². The Hall–Kier alpha value is -2.16. The summed E-state index contributed by atoms with van der Waals surface area (Å²) >= 11 is 1.68. The molecule has 4 heterocycles. The van der Waals surface area contributed by atoms with Crippen LogP contribution in [0.15, 0.2) is 34.9 Å². The first-order valence-corrected chi connectivity index (χ1v) is 12.3. The van der Waals surface area contributed by atoms with Gasteiger partial charge in [0.2, 0.25) is 10.3 Å². The number of aryl methyl sites for hydroxylation is 1. The van der Waals surface area contributed by atoms with Crippen molar-refractivity contribution in [3.05, 3.63) is 47.7 Å². The Morgan fingerprint density at radius 1 is 1.00 bits per heavy atom. The molecule has 5 rings (SSSR count). The zero-order valence-electron chi connectivity index (χ0n) is 18.3. The van der Waals surface area contributed by atoms with Crippen molar-refractivity contribution in [2.45, 2.75) is 58.2 Å². The number of piperazine rings is 1. The van der Waals surface area contributed by atoms with Gasteiger partial charge >= 0.3 is 0 Å². The fourth-order valence-electron chi connectivity index (χ4n) is 4.80. The van der Waals surface area contributed by atoms with Gasteiger partial charge in [0.05, 0.1) is 6.54 Å². The molecule has 31 heavy (non-hydrogen) atoms. The second-order valence-electron chi connectivity index (χ2n) is 8.67. The van der Waals surface area contributed by atoms with Crippen molar-refractivity contribution in [2.75, 3.05) is 31.1 Å². The highest BCUT2D eigenvalue weighted by molar-refractivity contribution is 7.17. The standard InChI is InChI=1S/C23H32N6OS/c1-18-9-10-21(30-18)17-24-16-20-8-5-11-29(20)23-26-25-22(31-23)28-14-12-27(13-15-28)19-6-3-2-4-7-19/h5,8-11,19,24H,2-4,6-7,12-17H2,1H3. The molecule has 0 radical (unpaired) electrons. The highest BCUT2D eigenvalue weighted by Crippen LogP contribution is 2.28. The first-order valence-electron chi connectivity index (χ1n) is 11.5. The summed E-state index contributed by atoms with van der Waals surface area (Å²) in [6.45, 7) is 7.82. The van der Waals surface area contributed by atoms with Gasteiger partial charge in [0.15, 0.2) is 0 Å². The van der Waals surface area contributed by atoms with E-state index in [2.05, 4.69) is 48.2 Å². The molecule has 8 heteroatoms. The van der Waals surface area contributed by atoms with Crippen LogP contribution in [0.4, 0.5) is 5.13 Å². The topological polar surface area (TPSA) is 62.4 Å². The summed E-state index contributed by atoms with van der Waals surface area (Å²) in [6, 6.07) is 9.02. The maximum Gasteiger partial charge on any atom is 0.218 e. The van der Waals surface area contributed by atoms with Crippen molar-refractivity contribution in [2.24, 2.45) is 0 Å². The number of hydrogen-bond donors (Lipinski definition) is 1. The van der Waals surface area contributed by atoms with E-state index in [1.54, 1.807) is 11.3 Å². The zero-order valence-corrected chi connectivity index (χ0v) is 19.1. The third-order valence-corrected chi connectivity index (χ3v) is 7.50. The molecule has 7 nitrogen and oxygen atoms in total. The Kier molecular flexibility index (Phi) is 6.38. The van der Waals surface area contributed by atoms with Crippen LogP contribution in [0, 0.1) is 6.92 Å². The molecule has 0 bridgehead atoms. The van der Waals surface area contributed by atoms with Crippen LogP contribution < -0.4 is 10.2 Å². The molecule has 1 saturated heterocycles. The molecule has 2 fully saturated rings. The van der Waals surface area contributed by atoms with Gasteiger partial charge in [-0.2, -0.15) is 0 Å². The fourth-order valence-corrected chi connectivity index (χ4v) is 5.71.